The van der Waals surface area contributed by atoms with E-state index in [2.05, 4.69) is 35.0 Å². The minimum Gasteiger partial charge on any atom is -0.303 e. The van der Waals surface area contributed by atoms with Crippen molar-refractivity contribution in [1.82, 2.24) is 0 Å². The molecule has 0 aliphatic heterocycles. The molecule has 0 aromatic rings. The first-order valence-corrected chi connectivity index (χ1v) is 5.59. The quantitative estimate of drug-likeness (QED) is 0.413. The number of aldehydes is 1. The minimum atomic E-state index is 0.220. The van der Waals surface area contributed by atoms with Gasteiger partial charge in [-0.2, -0.15) is 0 Å². The number of rotatable bonds is 4. The maximum atomic E-state index is 10.8. The Bertz CT molecular complexity index is 177. The molecule has 0 saturated carbocycles. The number of carbonyl (C=O) groups excluding carboxylic acids is 1. The fourth-order valence-electron chi connectivity index (χ4n) is 1.84. The van der Waals surface area contributed by atoms with E-state index in [1.54, 1.807) is 0 Å². The van der Waals surface area contributed by atoms with Gasteiger partial charge in [0.15, 0.2) is 0 Å². The van der Waals surface area contributed by atoms with Crippen LogP contribution in [0, 0.1) is 17.8 Å². The third kappa shape index (κ3) is 2.19. The maximum absolute atomic E-state index is 10.8. The highest BCUT2D eigenvalue weighted by molar-refractivity contribution is 9.09. The monoisotopic (exact) mass is 230 g/mol. The van der Waals surface area contributed by atoms with Gasteiger partial charge < -0.3 is 4.79 Å². The van der Waals surface area contributed by atoms with E-state index in [0.29, 0.717) is 11.8 Å². The van der Waals surface area contributed by atoms with E-state index in [1.165, 1.54) is 0 Å². The van der Waals surface area contributed by atoms with Gasteiger partial charge in [0, 0.05) is 11.2 Å². The third-order valence-electron chi connectivity index (χ3n) is 2.63. The van der Waals surface area contributed by atoms with Gasteiger partial charge in [-0.15, -0.1) is 0 Å². The fraction of sp³-hybridized carbons (Fsp3) is 0.700. The van der Waals surface area contributed by atoms with Gasteiger partial charge in [-0.25, -0.2) is 0 Å². The predicted molar refractivity (Wildman–Crippen MR) is 54.4 cm³/mol. The molecule has 2 heteroatoms. The Hall–Kier alpha value is -0.110. The molecule has 0 radical (unpaired) electrons. The average molecular weight is 231 g/mol. The summed E-state index contributed by atoms with van der Waals surface area (Å²) in [6, 6.07) is 0. The van der Waals surface area contributed by atoms with Crippen molar-refractivity contribution in [2.45, 2.75) is 19.8 Å². The van der Waals surface area contributed by atoms with Gasteiger partial charge in [0.2, 0.25) is 0 Å². The van der Waals surface area contributed by atoms with Crippen LogP contribution in [0.5, 0.6) is 0 Å². The molecule has 3 atom stereocenters. The van der Waals surface area contributed by atoms with E-state index < -0.39 is 0 Å². The first-order valence-electron chi connectivity index (χ1n) is 4.47. The SMILES string of the molecule is C[C@@H]1CC=C[C@@H]1[C@@H](C=O)CCBr. The molecule has 12 heavy (non-hydrogen) atoms. The molecule has 0 amide bonds. The molecule has 0 N–H and O–H groups in total. The predicted octanol–water partition coefficient (Wildman–Crippen LogP) is 2.80. The standard InChI is InChI=1S/C10H15BrO/c1-8-3-2-4-10(8)9(7-12)5-6-11/h2,4,7-10H,3,5-6H2,1H3/t8-,9-,10+/m1/s1. The molecule has 68 valence electrons. The second-order valence-electron chi connectivity index (χ2n) is 3.50. The number of allylic oxidation sites excluding steroid dienone is 2. The molecule has 0 saturated heterocycles. The molecule has 0 spiro atoms. The summed E-state index contributed by atoms with van der Waals surface area (Å²) >= 11 is 3.37. The Labute approximate surface area is 82.4 Å². The zero-order chi connectivity index (χ0) is 8.97. The van der Waals surface area contributed by atoms with Gasteiger partial charge in [0.25, 0.3) is 0 Å². The van der Waals surface area contributed by atoms with Crippen molar-refractivity contribution < 1.29 is 4.79 Å². The van der Waals surface area contributed by atoms with Crippen LogP contribution in [0.1, 0.15) is 19.8 Å². The topological polar surface area (TPSA) is 17.1 Å². The van der Waals surface area contributed by atoms with Gasteiger partial charge in [0.1, 0.15) is 6.29 Å². The van der Waals surface area contributed by atoms with E-state index in [0.717, 1.165) is 24.5 Å². The molecule has 1 nitrogen and oxygen atoms in total. The van der Waals surface area contributed by atoms with Crippen LogP contribution >= 0.6 is 15.9 Å². The molecule has 0 heterocycles. The summed E-state index contributed by atoms with van der Waals surface area (Å²) in [5.74, 6) is 1.36. The van der Waals surface area contributed by atoms with Crippen LogP contribution in [-0.2, 0) is 4.79 Å². The van der Waals surface area contributed by atoms with E-state index in [-0.39, 0.29) is 5.92 Å². The summed E-state index contributed by atoms with van der Waals surface area (Å²) in [6.07, 6.45) is 7.60. The van der Waals surface area contributed by atoms with Crippen molar-refractivity contribution in [3.63, 3.8) is 0 Å². The number of alkyl halides is 1. The van der Waals surface area contributed by atoms with Gasteiger partial charge in [-0.3, -0.25) is 0 Å². The second kappa shape index (κ2) is 4.80. The van der Waals surface area contributed by atoms with Crippen LogP contribution in [0.4, 0.5) is 0 Å². The second-order valence-corrected chi connectivity index (χ2v) is 4.29. The Balaban J connectivity index is 2.52. The van der Waals surface area contributed by atoms with Crippen molar-refractivity contribution in [2.24, 2.45) is 17.8 Å². The van der Waals surface area contributed by atoms with Crippen LogP contribution in [-0.4, -0.2) is 11.6 Å². The summed E-state index contributed by atoms with van der Waals surface area (Å²) in [5, 5.41) is 0.924. The smallest absolute Gasteiger partial charge is 0.123 e. The molecule has 0 aromatic heterocycles. The van der Waals surface area contributed by atoms with Gasteiger partial charge >= 0.3 is 0 Å². The van der Waals surface area contributed by atoms with Crippen LogP contribution in [0.3, 0.4) is 0 Å². The number of hydrogen-bond acceptors (Lipinski definition) is 1. The highest BCUT2D eigenvalue weighted by Gasteiger charge is 2.26. The molecule has 1 rings (SSSR count). The Kier molecular flexibility index (Phi) is 3.99. The largest absolute Gasteiger partial charge is 0.303 e. The van der Waals surface area contributed by atoms with Crippen molar-refractivity contribution in [3.8, 4) is 0 Å². The summed E-state index contributed by atoms with van der Waals surface area (Å²) in [7, 11) is 0. The van der Waals surface area contributed by atoms with Gasteiger partial charge in [0.05, 0.1) is 0 Å². The number of carbonyl (C=O) groups is 1. The Morgan fingerprint density at radius 1 is 1.75 bits per heavy atom. The van der Waals surface area contributed by atoms with E-state index in [9.17, 15) is 4.79 Å². The summed E-state index contributed by atoms with van der Waals surface area (Å²) in [4.78, 5) is 10.8. The highest BCUT2D eigenvalue weighted by atomic mass is 79.9. The summed E-state index contributed by atoms with van der Waals surface area (Å²) in [6.45, 7) is 2.22. The van der Waals surface area contributed by atoms with Crippen molar-refractivity contribution in [1.29, 1.82) is 0 Å². The Morgan fingerprint density at radius 3 is 2.92 bits per heavy atom. The summed E-state index contributed by atoms with van der Waals surface area (Å²) < 4.78 is 0. The van der Waals surface area contributed by atoms with Crippen molar-refractivity contribution >= 4 is 22.2 Å². The lowest BCUT2D eigenvalue weighted by molar-refractivity contribution is -0.112. The minimum absolute atomic E-state index is 0.220. The lowest BCUT2D eigenvalue weighted by Gasteiger charge is -2.20. The molecule has 0 fully saturated rings. The van der Waals surface area contributed by atoms with Gasteiger partial charge in [-0.1, -0.05) is 35.0 Å². The lowest BCUT2D eigenvalue weighted by Crippen LogP contribution is -2.18. The molecule has 1 aliphatic rings. The molecule has 0 bridgehead atoms. The van der Waals surface area contributed by atoms with E-state index >= 15 is 0 Å². The number of hydrogen-bond donors (Lipinski definition) is 0. The van der Waals surface area contributed by atoms with Gasteiger partial charge in [-0.05, 0) is 24.7 Å². The summed E-state index contributed by atoms with van der Waals surface area (Å²) in [5.41, 5.74) is 0. The molecule has 0 unspecified atom stereocenters. The molecular formula is C10H15BrO. The van der Waals surface area contributed by atoms with Crippen molar-refractivity contribution in [2.75, 3.05) is 5.33 Å². The fourth-order valence-corrected chi connectivity index (χ4v) is 2.37. The van der Waals surface area contributed by atoms with Crippen LogP contribution in [0.15, 0.2) is 12.2 Å². The third-order valence-corrected chi connectivity index (χ3v) is 3.09. The first kappa shape index (κ1) is 9.97. The zero-order valence-corrected chi connectivity index (χ0v) is 8.96. The average Bonchev–Trinajstić information content (AvgIpc) is 2.47. The first-order chi connectivity index (χ1) is 5.79. The molecule has 1 aliphatic carbocycles. The molecular weight excluding hydrogens is 216 g/mol. The van der Waals surface area contributed by atoms with Crippen LogP contribution < -0.4 is 0 Å². The number of halogens is 1. The maximum Gasteiger partial charge on any atom is 0.123 e. The zero-order valence-electron chi connectivity index (χ0n) is 7.37. The van der Waals surface area contributed by atoms with Crippen molar-refractivity contribution in [3.05, 3.63) is 12.2 Å². The van der Waals surface area contributed by atoms with E-state index in [4.69, 9.17) is 0 Å². The highest BCUT2D eigenvalue weighted by Crippen LogP contribution is 2.31. The van der Waals surface area contributed by atoms with E-state index in [1.807, 2.05) is 0 Å². The van der Waals surface area contributed by atoms with Crippen LogP contribution in [0.25, 0.3) is 0 Å². The van der Waals surface area contributed by atoms with Crippen LogP contribution in [0.2, 0.25) is 0 Å². The normalized spacial score (nSPS) is 30.5. The lowest BCUT2D eigenvalue weighted by atomic mass is 9.84. The Morgan fingerprint density at radius 2 is 2.50 bits per heavy atom. The molecule has 0 aromatic carbocycles.